The van der Waals surface area contributed by atoms with Gasteiger partial charge in [0.05, 0.1) is 7.11 Å². The Bertz CT molecular complexity index is 326. The quantitative estimate of drug-likeness (QED) is 0.452. The van der Waals surface area contributed by atoms with Crippen molar-refractivity contribution in [2.24, 2.45) is 0 Å². The lowest BCUT2D eigenvalue weighted by Crippen LogP contribution is -1.93. The summed E-state index contributed by atoms with van der Waals surface area (Å²) in [7, 11) is 1.58. The minimum Gasteiger partial charge on any atom is -0.497 e. The standard InChI is InChI=1S/C10H10O4/c1-13-9-5-2-8(3-6-9)4-7-10(11)14-12/h2-7,12H,1H3. The van der Waals surface area contributed by atoms with Crippen molar-refractivity contribution in [3.05, 3.63) is 35.9 Å². The van der Waals surface area contributed by atoms with Gasteiger partial charge in [0.25, 0.3) is 0 Å². The Kier molecular flexibility index (Phi) is 3.69. The van der Waals surface area contributed by atoms with Gasteiger partial charge in [0.2, 0.25) is 0 Å². The predicted molar refractivity (Wildman–Crippen MR) is 50.7 cm³/mol. The van der Waals surface area contributed by atoms with Crippen LogP contribution in [0.25, 0.3) is 6.08 Å². The lowest BCUT2D eigenvalue weighted by molar-refractivity contribution is -0.227. The van der Waals surface area contributed by atoms with Crippen LogP contribution in [0.15, 0.2) is 30.3 Å². The molecule has 0 spiro atoms. The molecule has 0 bridgehead atoms. The first-order chi connectivity index (χ1) is 6.76. The molecule has 14 heavy (non-hydrogen) atoms. The second kappa shape index (κ2) is 5.04. The minimum atomic E-state index is -0.805. The molecule has 0 unspecified atom stereocenters. The Hall–Kier alpha value is -1.81. The molecule has 0 atom stereocenters. The zero-order valence-electron chi connectivity index (χ0n) is 7.64. The van der Waals surface area contributed by atoms with Crippen LogP contribution in [0, 0.1) is 0 Å². The fourth-order valence-corrected chi connectivity index (χ4v) is 0.910. The maximum absolute atomic E-state index is 10.5. The van der Waals surface area contributed by atoms with Crippen molar-refractivity contribution in [1.29, 1.82) is 0 Å². The van der Waals surface area contributed by atoms with Gasteiger partial charge in [0, 0.05) is 6.08 Å². The number of carbonyl (C=O) groups is 1. The van der Waals surface area contributed by atoms with Crippen molar-refractivity contribution in [3.63, 3.8) is 0 Å². The molecule has 0 fully saturated rings. The van der Waals surface area contributed by atoms with Crippen molar-refractivity contribution >= 4 is 12.0 Å². The van der Waals surface area contributed by atoms with E-state index in [-0.39, 0.29) is 0 Å². The maximum atomic E-state index is 10.5. The van der Waals surface area contributed by atoms with E-state index in [9.17, 15) is 4.79 Å². The Morgan fingerprint density at radius 2 is 2.00 bits per heavy atom. The lowest BCUT2D eigenvalue weighted by atomic mass is 10.2. The number of ether oxygens (including phenoxy) is 1. The van der Waals surface area contributed by atoms with Crippen LogP contribution in [0.2, 0.25) is 0 Å². The van der Waals surface area contributed by atoms with Crippen LogP contribution < -0.4 is 4.74 Å². The van der Waals surface area contributed by atoms with E-state index in [2.05, 4.69) is 4.89 Å². The van der Waals surface area contributed by atoms with E-state index in [1.54, 1.807) is 31.4 Å². The average molecular weight is 194 g/mol. The van der Waals surface area contributed by atoms with E-state index in [0.717, 1.165) is 17.4 Å². The summed E-state index contributed by atoms with van der Waals surface area (Å²) in [4.78, 5) is 14.0. The highest BCUT2D eigenvalue weighted by Crippen LogP contribution is 2.12. The second-order valence-corrected chi connectivity index (χ2v) is 2.52. The Morgan fingerprint density at radius 1 is 1.36 bits per heavy atom. The van der Waals surface area contributed by atoms with Crippen LogP contribution in [-0.2, 0) is 9.68 Å². The largest absolute Gasteiger partial charge is 0.497 e. The van der Waals surface area contributed by atoms with Crippen LogP contribution >= 0.6 is 0 Å². The van der Waals surface area contributed by atoms with Gasteiger partial charge in [-0.3, -0.25) is 4.89 Å². The molecule has 0 heterocycles. The van der Waals surface area contributed by atoms with Gasteiger partial charge in [0.1, 0.15) is 5.75 Å². The monoisotopic (exact) mass is 194 g/mol. The average Bonchev–Trinajstić information content (AvgIpc) is 2.26. The number of rotatable bonds is 3. The van der Waals surface area contributed by atoms with Crippen molar-refractivity contribution in [2.45, 2.75) is 0 Å². The molecule has 0 aliphatic carbocycles. The Labute approximate surface area is 81.3 Å². The summed E-state index contributed by atoms with van der Waals surface area (Å²) >= 11 is 0. The van der Waals surface area contributed by atoms with Gasteiger partial charge < -0.3 is 4.74 Å². The third-order valence-corrected chi connectivity index (χ3v) is 1.62. The first-order valence-electron chi connectivity index (χ1n) is 3.94. The number of carbonyl (C=O) groups excluding carboxylic acids is 1. The third kappa shape index (κ3) is 2.91. The molecular formula is C10H10O4. The number of hydrogen-bond donors (Lipinski definition) is 1. The van der Waals surface area contributed by atoms with Gasteiger partial charge in [0.15, 0.2) is 0 Å². The summed E-state index contributed by atoms with van der Waals surface area (Å²) < 4.78 is 4.96. The van der Waals surface area contributed by atoms with Gasteiger partial charge in [-0.2, -0.15) is 5.26 Å². The summed E-state index contributed by atoms with van der Waals surface area (Å²) in [5.74, 6) is -0.0623. The molecule has 0 aliphatic heterocycles. The van der Waals surface area contributed by atoms with Crippen LogP contribution in [0.1, 0.15) is 5.56 Å². The smallest absolute Gasteiger partial charge is 0.365 e. The normalized spacial score (nSPS) is 10.1. The molecule has 0 saturated heterocycles. The Morgan fingerprint density at radius 3 is 2.50 bits per heavy atom. The van der Waals surface area contributed by atoms with Crippen molar-refractivity contribution < 1.29 is 19.7 Å². The zero-order valence-corrected chi connectivity index (χ0v) is 7.64. The van der Waals surface area contributed by atoms with Crippen LogP contribution in [0.3, 0.4) is 0 Å². The molecule has 0 aromatic heterocycles. The minimum absolute atomic E-state index is 0.742. The maximum Gasteiger partial charge on any atom is 0.365 e. The fourth-order valence-electron chi connectivity index (χ4n) is 0.910. The molecule has 0 aliphatic rings. The topological polar surface area (TPSA) is 55.8 Å². The summed E-state index contributed by atoms with van der Waals surface area (Å²) in [6.07, 6.45) is 2.65. The molecule has 1 rings (SSSR count). The van der Waals surface area contributed by atoms with Crippen molar-refractivity contribution in [2.75, 3.05) is 7.11 Å². The van der Waals surface area contributed by atoms with Crippen molar-refractivity contribution in [3.8, 4) is 5.75 Å². The summed E-state index contributed by atoms with van der Waals surface area (Å²) in [6.45, 7) is 0. The molecule has 0 amide bonds. The number of benzene rings is 1. The van der Waals surface area contributed by atoms with Crippen LogP contribution in [0.5, 0.6) is 5.75 Å². The molecule has 1 N–H and O–H groups in total. The van der Waals surface area contributed by atoms with E-state index >= 15 is 0 Å². The fraction of sp³-hybridized carbons (Fsp3) is 0.100. The first-order valence-corrected chi connectivity index (χ1v) is 3.94. The second-order valence-electron chi connectivity index (χ2n) is 2.52. The molecule has 1 aromatic carbocycles. The molecule has 0 saturated carbocycles. The summed E-state index contributed by atoms with van der Waals surface area (Å²) in [6, 6.07) is 7.09. The highest BCUT2D eigenvalue weighted by atomic mass is 17.1. The molecule has 4 nitrogen and oxygen atoms in total. The molecular weight excluding hydrogens is 184 g/mol. The molecule has 4 heteroatoms. The lowest BCUT2D eigenvalue weighted by Gasteiger charge is -1.98. The van der Waals surface area contributed by atoms with Crippen LogP contribution in [-0.4, -0.2) is 18.3 Å². The first kappa shape index (κ1) is 10.3. The van der Waals surface area contributed by atoms with E-state index in [1.165, 1.54) is 6.08 Å². The molecule has 0 radical (unpaired) electrons. The zero-order chi connectivity index (χ0) is 10.4. The summed E-state index contributed by atoms with van der Waals surface area (Å²) in [5.41, 5.74) is 0.816. The van der Waals surface area contributed by atoms with E-state index < -0.39 is 5.97 Å². The molecule has 1 aromatic rings. The van der Waals surface area contributed by atoms with Gasteiger partial charge >= 0.3 is 5.97 Å². The SMILES string of the molecule is COc1ccc(C=CC(=O)OO)cc1. The van der Waals surface area contributed by atoms with E-state index in [1.807, 2.05) is 0 Å². The van der Waals surface area contributed by atoms with E-state index in [0.29, 0.717) is 0 Å². The van der Waals surface area contributed by atoms with Crippen LogP contribution in [0.4, 0.5) is 0 Å². The van der Waals surface area contributed by atoms with Gasteiger partial charge in [-0.15, -0.1) is 0 Å². The van der Waals surface area contributed by atoms with Gasteiger partial charge in [-0.05, 0) is 23.8 Å². The number of methoxy groups -OCH3 is 1. The Balaban J connectivity index is 2.68. The molecule has 74 valence electrons. The van der Waals surface area contributed by atoms with E-state index in [4.69, 9.17) is 9.99 Å². The van der Waals surface area contributed by atoms with Crippen molar-refractivity contribution in [1.82, 2.24) is 0 Å². The highest BCUT2D eigenvalue weighted by Gasteiger charge is 1.94. The predicted octanol–water partition coefficient (Wildman–Crippen LogP) is 1.72. The summed E-state index contributed by atoms with van der Waals surface area (Å²) in [5, 5.41) is 7.97. The number of hydrogen-bond acceptors (Lipinski definition) is 4. The third-order valence-electron chi connectivity index (χ3n) is 1.62. The van der Waals surface area contributed by atoms with Gasteiger partial charge in [-0.25, -0.2) is 4.79 Å². The highest BCUT2D eigenvalue weighted by molar-refractivity contribution is 5.86. The van der Waals surface area contributed by atoms with Gasteiger partial charge in [-0.1, -0.05) is 12.1 Å².